The van der Waals surface area contributed by atoms with Gasteiger partial charge in [0.2, 0.25) is 0 Å². The number of nitrogens with two attached hydrogens (primary N) is 1. The fourth-order valence-electron chi connectivity index (χ4n) is 3.71. The van der Waals surface area contributed by atoms with Gasteiger partial charge in [-0.15, -0.1) is 0 Å². The lowest BCUT2D eigenvalue weighted by Crippen LogP contribution is -2.43. The topological polar surface area (TPSA) is 38.0 Å². The highest BCUT2D eigenvalue weighted by Gasteiger charge is 2.37. The molecule has 0 spiro atoms. The maximum atomic E-state index is 5.95. The Kier molecular flexibility index (Phi) is 3.60. The van der Waals surface area contributed by atoms with Gasteiger partial charge in [0.1, 0.15) is 0 Å². The molecule has 2 aliphatic rings. The Bertz CT molecular complexity index is 229. The predicted octanol–water partition coefficient (Wildman–Crippen LogP) is 2.67. The fourth-order valence-corrected chi connectivity index (χ4v) is 3.71. The van der Waals surface area contributed by atoms with Crippen molar-refractivity contribution in [3.05, 3.63) is 0 Å². The van der Waals surface area contributed by atoms with Gasteiger partial charge in [-0.1, -0.05) is 20.8 Å². The van der Waals surface area contributed by atoms with Gasteiger partial charge in [0.15, 0.2) is 0 Å². The van der Waals surface area contributed by atoms with Crippen LogP contribution in [0.15, 0.2) is 0 Å². The molecule has 0 heterocycles. The Morgan fingerprint density at radius 2 is 1.69 bits per heavy atom. The third-order valence-electron chi connectivity index (χ3n) is 4.56. The summed E-state index contributed by atoms with van der Waals surface area (Å²) in [7, 11) is 0. The molecule has 0 saturated heterocycles. The second kappa shape index (κ2) is 4.66. The molecule has 2 heteroatoms. The lowest BCUT2D eigenvalue weighted by Gasteiger charge is -2.31. The average Bonchev–Trinajstić information content (AvgIpc) is 2.44. The third kappa shape index (κ3) is 2.98. The van der Waals surface area contributed by atoms with Crippen molar-refractivity contribution in [3.63, 3.8) is 0 Å². The largest absolute Gasteiger partial charge is 0.328 e. The van der Waals surface area contributed by atoms with Crippen LogP contribution in [0.4, 0.5) is 0 Å². The van der Waals surface area contributed by atoms with Crippen molar-refractivity contribution in [3.8, 4) is 0 Å². The first-order valence-electron chi connectivity index (χ1n) is 6.98. The quantitative estimate of drug-likeness (QED) is 0.757. The Balaban J connectivity index is 1.82. The molecule has 94 valence electrons. The van der Waals surface area contributed by atoms with Crippen molar-refractivity contribution in [1.29, 1.82) is 0 Å². The summed E-state index contributed by atoms with van der Waals surface area (Å²) in [6.45, 7) is 7.21. The van der Waals surface area contributed by atoms with Crippen molar-refractivity contribution < 1.29 is 0 Å². The van der Waals surface area contributed by atoms with E-state index in [9.17, 15) is 0 Å². The van der Waals surface area contributed by atoms with Crippen molar-refractivity contribution in [2.75, 3.05) is 0 Å². The van der Waals surface area contributed by atoms with Crippen molar-refractivity contribution in [1.82, 2.24) is 5.32 Å². The average molecular weight is 224 g/mol. The van der Waals surface area contributed by atoms with E-state index in [4.69, 9.17) is 5.73 Å². The number of hydrogen-bond donors (Lipinski definition) is 2. The molecule has 2 fully saturated rings. The zero-order valence-electron chi connectivity index (χ0n) is 11.1. The summed E-state index contributed by atoms with van der Waals surface area (Å²) in [5, 5.41) is 3.89. The molecule has 0 amide bonds. The predicted molar refractivity (Wildman–Crippen MR) is 69.3 cm³/mol. The van der Waals surface area contributed by atoms with Gasteiger partial charge < -0.3 is 11.1 Å². The minimum absolute atomic E-state index is 0.468. The van der Waals surface area contributed by atoms with Gasteiger partial charge in [-0.25, -0.2) is 0 Å². The summed E-state index contributed by atoms with van der Waals surface area (Å²) in [6, 6.07) is 1.95. The molecule has 2 unspecified atom stereocenters. The molecule has 2 atom stereocenters. The molecule has 3 N–H and O–H groups in total. The van der Waals surface area contributed by atoms with Gasteiger partial charge in [-0.05, 0) is 49.9 Å². The number of rotatable bonds is 2. The first-order chi connectivity index (χ1) is 7.46. The van der Waals surface area contributed by atoms with Crippen LogP contribution in [-0.2, 0) is 0 Å². The van der Waals surface area contributed by atoms with Crippen LogP contribution in [0.25, 0.3) is 0 Å². The van der Waals surface area contributed by atoms with E-state index in [1.807, 2.05) is 0 Å². The molecule has 0 aromatic rings. The molecular formula is C14H28N2. The molecule has 2 saturated carbocycles. The van der Waals surface area contributed by atoms with Crippen molar-refractivity contribution in [2.45, 2.75) is 77.4 Å². The lowest BCUT2D eigenvalue weighted by atomic mass is 9.90. The summed E-state index contributed by atoms with van der Waals surface area (Å²) in [4.78, 5) is 0. The van der Waals surface area contributed by atoms with Crippen LogP contribution < -0.4 is 11.1 Å². The highest BCUT2D eigenvalue weighted by Crippen LogP contribution is 2.41. The van der Waals surface area contributed by atoms with E-state index in [-0.39, 0.29) is 0 Å². The van der Waals surface area contributed by atoms with Crippen molar-refractivity contribution >= 4 is 0 Å². The Morgan fingerprint density at radius 3 is 2.19 bits per heavy atom. The minimum atomic E-state index is 0.468. The summed E-state index contributed by atoms with van der Waals surface area (Å²) in [5.74, 6) is 0.839. The van der Waals surface area contributed by atoms with E-state index in [0.717, 1.165) is 18.0 Å². The third-order valence-corrected chi connectivity index (χ3v) is 4.56. The Hall–Kier alpha value is -0.0800. The first kappa shape index (κ1) is 12.4. The number of hydrogen-bond acceptors (Lipinski definition) is 2. The van der Waals surface area contributed by atoms with Crippen LogP contribution >= 0.6 is 0 Å². The molecule has 0 aliphatic heterocycles. The second-order valence-electron chi connectivity index (χ2n) is 6.93. The van der Waals surface area contributed by atoms with E-state index in [1.54, 1.807) is 0 Å². The monoisotopic (exact) mass is 224 g/mol. The standard InChI is InChI=1S/C14H28N2/c1-10-8-14(2,3)9-13(10)16-12-6-4-11(15)5-7-12/h10-13,16H,4-9,15H2,1-3H3. The maximum Gasteiger partial charge on any atom is 0.0101 e. The van der Waals surface area contributed by atoms with Gasteiger partial charge in [0, 0.05) is 18.1 Å². The van der Waals surface area contributed by atoms with Gasteiger partial charge in [0.25, 0.3) is 0 Å². The van der Waals surface area contributed by atoms with Gasteiger partial charge in [0.05, 0.1) is 0 Å². The summed E-state index contributed by atoms with van der Waals surface area (Å²) < 4.78 is 0. The molecule has 0 bridgehead atoms. The Morgan fingerprint density at radius 1 is 1.06 bits per heavy atom. The molecule has 2 rings (SSSR count). The lowest BCUT2D eigenvalue weighted by molar-refractivity contribution is 0.288. The van der Waals surface area contributed by atoms with Crippen LogP contribution in [0.3, 0.4) is 0 Å². The maximum absolute atomic E-state index is 5.95. The minimum Gasteiger partial charge on any atom is -0.328 e. The molecule has 2 nitrogen and oxygen atoms in total. The molecule has 0 aromatic heterocycles. The van der Waals surface area contributed by atoms with E-state index in [0.29, 0.717) is 11.5 Å². The van der Waals surface area contributed by atoms with Crippen molar-refractivity contribution in [2.24, 2.45) is 17.1 Å². The molecule has 16 heavy (non-hydrogen) atoms. The van der Waals surface area contributed by atoms with Crippen LogP contribution in [0.1, 0.15) is 59.3 Å². The smallest absolute Gasteiger partial charge is 0.0101 e. The van der Waals surface area contributed by atoms with Crippen LogP contribution in [0.5, 0.6) is 0 Å². The summed E-state index contributed by atoms with van der Waals surface area (Å²) >= 11 is 0. The highest BCUT2D eigenvalue weighted by atomic mass is 15.0. The molecule has 0 radical (unpaired) electrons. The van der Waals surface area contributed by atoms with Gasteiger partial charge in [-0.2, -0.15) is 0 Å². The van der Waals surface area contributed by atoms with E-state index in [1.165, 1.54) is 38.5 Å². The molecular weight excluding hydrogens is 196 g/mol. The van der Waals surface area contributed by atoms with Crippen LogP contribution in [0, 0.1) is 11.3 Å². The normalized spacial score (nSPS) is 43.5. The zero-order valence-corrected chi connectivity index (χ0v) is 11.1. The van der Waals surface area contributed by atoms with Crippen LogP contribution in [-0.4, -0.2) is 18.1 Å². The Labute approximate surface area is 100 Å². The van der Waals surface area contributed by atoms with Gasteiger partial charge in [-0.3, -0.25) is 0 Å². The first-order valence-corrected chi connectivity index (χ1v) is 6.98. The van der Waals surface area contributed by atoms with Crippen LogP contribution in [0.2, 0.25) is 0 Å². The summed E-state index contributed by atoms with van der Waals surface area (Å²) in [5.41, 5.74) is 6.49. The SMILES string of the molecule is CC1CC(C)(C)CC1NC1CCC(N)CC1. The highest BCUT2D eigenvalue weighted by molar-refractivity contribution is 4.93. The molecule has 0 aromatic carbocycles. The van der Waals surface area contributed by atoms with E-state index < -0.39 is 0 Å². The summed E-state index contributed by atoms with van der Waals surface area (Å²) in [6.07, 6.45) is 7.70. The zero-order chi connectivity index (χ0) is 11.8. The second-order valence-corrected chi connectivity index (χ2v) is 6.93. The number of nitrogens with one attached hydrogen (secondary N) is 1. The van der Waals surface area contributed by atoms with E-state index >= 15 is 0 Å². The van der Waals surface area contributed by atoms with E-state index in [2.05, 4.69) is 26.1 Å². The molecule has 2 aliphatic carbocycles. The fraction of sp³-hybridized carbons (Fsp3) is 1.00. The van der Waals surface area contributed by atoms with Gasteiger partial charge >= 0.3 is 0 Å².